The smallest absolute Gasteiger partial charge is 0.337 e. The van der Waals surface area contributed by atoms with Crippen molar-refractivity contribution in [2.45, 2.75) is 13.5 Å². The van der Waals surface area contributed by atoms with Gasteiger partial charge in [-0.05, 0) is 24.6 Å². The minimum absolute atomic E-state index is 0.0465. The maximum absolute atomic E-state index is 12.5. The molecular weight excluding hydrogens is 318 g/mol. The number of para-hydroxylation sites is 1. The third-order valence-electron chi connectivity index (χ3n) is 3.78. The quantitative estimate of drug-likeness (QED) is 0.750. The van der Waals surface area contributed by atoms with Crippen molar-refractivity contribution in [2.75, 3.05) is 5.32 Å². The SMILES string of the molecule is Cc1nn(Cc2ccccc2)cc1C(=O)Nc1ccccc1C(=O)O. The fourth-order valence-corrected chi connectivity index (χ4v) is 2.56. The number of aromatic carboxylic acids is 1. The highest BCUT2D eigenvalue weighted by Gasteiger charge is 2.17. The molecule has 25 heavy (non-hydrogen) atoms. The lowest BCUT2D eigenvalue weighted by molar-refractivity contribution is 0.0698. The molecule has 0 saturated carbocycles. The average Bonchev–Trinajstić information content (AvgIpc) is 2.96. The third-order valence-corrected chi connectivity index (χ3v) is 3.78. The second-order valence-corrected chi connectivity index (χ2v) is 5.62. The van der Waals surface area contributed by atoms with Crippen LogP contribution in [0.4, 0.5) is 5.69 Å². The fraction of sp³-hybridized carbons (Fsp3) is 0.105. The number of anilines is 1. The fourth-order valence-electron chi connectivity index (χ4n) is 2.56. The molecule has 0 bridgehead atoms. The standard InChI is InChI=1S/C19H17N3O3/c1-13-16(12-22(21-13)11-14-7-3-2-4-8-14)18(23)20-17-10-6-5-9-15(17)19(24)25/h2-10,12H,11H2,1H3,(H,20,23)(H,24,25). The van der Waals surface area contributed by atoms with Crippen LogP contribution in [0.1, 0.15) is 32.0 Å². The summed E-state index contributed by atoms with van der Waals surface area (Å²) in [6.07, 6.45) is 1.67. The van der Waals surface area contributed by atoms with E-state index < -0.39 is 5.97 Å². The molecule has 0 atom stereocenters. The number of carboxylic acids is 1. The van der Waals surface area contributed by atoms with E-state index in [0.717, 1.165) is 5.56 Å². The third kappa shape index (κ3) is 3.74. The summed E-state index contributed by atoms with van der Waals surface area (Å²) in [4.78, 5) is 23.8. The molecule has 126 valence electrons. The molecule has 0 radical (unpaired) electrons. The van der Waals surface area contributed by atoms with Gasteiger partial charge in [-0.15, -0.1) is 0 Å². The van der Waals surface area contributed by atoms with Crippen molar-refractivity contribution < 1.29 is 14.7 Å². The van der Waals surface area contributed by atoms with Crippen molar-refractivity contribution in [3.8, 4) is 0 Å². The van der Waals surface area contributed by atoms with E-state index in [2.05, 4.69) is 10.4 Å². The summed E-state index contributed by atoms with van der Waals surface area (Å²) in [5.74, 6) is -1.47. The molecule has 3 aromatic rings. The molecule has 0 aliphatic carbocycles. The number of aromatic nitrogens is 2. The van der Waals surface area contributed by atoms with Crippen LogP contribution < -0.4 is 5.32 Å². The predicted molar refractivity (Wildman–Crippen MR) is 93.9 cm³/mol. The van der Waals surface area contributed by atoms with Crippen LogP contribution in [0.3, 0.4) is 0 Å². The van der Waals surface area contributed by atoms with Crippen LogP contribution in [0, 0.1) is 6.92 Å². The number of nitrogens with zero attached hydrogens (tertiary/aromatic N) is 2. The first-order valence-electron chi connectivity index (χ1n) is 7.76. The zero-order valence-corrected chi connectivity index (χ0v) is 13.6. The summed E-state index contributed by atoms with van der Waals surface area (Å²) in [5, 5.41) is 16.2. The topological polar surface area (TPSA) is 84.2 Å². The maximum Gasteiger partial charge on any atom is 0.337 e. The largest absolute Gasteiger partial charge is 0.478 e. The Morgan fingerprint density at radius 3 is 2.44 bits per heavy atom. The number of benzene rings is 2. The Morgan fingerprint density at radius 2 is 1.72 bits per heavy atom. The van der Waals surface area contributed by atoms with Crippen LogP contribution in [-0.2, 0) is 6.54 Å². The van der Waals surface area contributed by atoms with E-state index in [1.807, 2.05) is 30.3 Å². The van der Waals surface area contributed by atoms with Gasteiger partial charge >= 0.3 is 5.97 Å². The lowest BCUT2D eigenvalue weighted by Crippen LogP contribution is -2.15. The number of carbonyl (C=O) groups excluding carboxylic acids is 1. The lowest BCUT2D eigenvalue weighted by atomic mass is 10.1. The van der Waals surface area contributed by atoms with Crippen molar-refractivity contribution in [1.29, 1.82) is 0 Å². The second kappa shape index (κ2) is 7.00. The van der Waals surface area contributed by atoms with E-state index in [4.69, 9.17) is 0 Å². The van der Waals surface area contributed by atoms with Gasteiger partial charge in [0.05, 0.1) is 29.1 Å². The van der Waals surface area contributed by atoms with Gasteiger partial charge in [0.25, 0.3) is 5.91 Å². The van der Waals surface area contributed by atoms with E-state index in [1.165, 1.54) is 6.07 Å². The molecular formula is C19H17N3O3. The number of hydrogen-bond acceptors (Lipinski definition) is 3. The number of nitrogens with one attached hydrogen (secondary N) is 1. The maximum atomic E-state index is 12.5. The van der Waals surface area contributed by atoms with Gasteiger partial charge in [0.15, 0.2) is 0 Å². The Kier molecular flexibility index (Phi) is 4.61. The van der Waals surface area contributed by atoms with Crippen molar-refractivity contribution in [2.24, 2.45) is 0 Å². The minimum atomic E-state index is -1.09. The Bertz CT molecular complexity index is 917. The van der Waals surface area contributed by atoms with Gasteiger partial charge in [0.2, 0.25) is 0 Å². The molecule has 2 N–H and O–H groups in total. The first-order chi connectivity index (χ1) is 12.0. The van der Waals surface area contributed by atoms with Crippen molar-refractivity contribution in [3.63, 3.8) is 0 Å². The first-order valence-corrected chi connectivity index (χ1v) is 7.76. The molecule has 3 rings (SSSR count). The molecule has 0 unspecified atom stereocenters. The summed E-state index contributed by atoms with van der Waals surface area (Å²) in [6.45, 7) is 2.31. The van der Waals surface area contributed by atoms with Crippen molar-refractivity contribution in [1.82, 2.24) is 9.78 Å². The molecule has 2 aromatic carbocycles. The van der Waals surface area contributed by atoms with Gasteiger partial charge in [-0.2, -0.15) is 5.10 Å². The van der Waals surface area contributed by atoms with Crippen LogP contribution in [0.5, 0.6) is 0 Å². The Balaban J connectivity index is 1.80. The van der Waals surface area contributed by atoms with Crippen LogP contribution in [0.15, 0.2) is 60.8 Å². The number of amides is 1. The normalized spacial score (nSPS) is 10.4. The summed E-state index contributed by atoms with van der Waals surface area (Å²) >= 11 is 0. The van der Waals surface area contributed by atoms with Crippen LogP contribution >= 0.6 is 0 Å². The summed E-state index contributed by atoms with van der Waals surface area (Å²) < 4.78 is 1.70. The summed E-state index contributed by atoms with van der Waals surface area (Å²) in [7, 11) is 0. The predicted octanol–water partition coefficient (Wildman–Crippen LogP) is 3.19. The van der Waals surface area contributed by atoms with E-state index in [-0.39, 0.29) is 17.2 Å². The molecule has 0 saturated heterocycles. The second-order valence-electron chi connectivity index (χ2n) is 5.62. The summed E-state index contributed by atoms with van der Waals surface area (Å²) in [5.41, 5.74) is 2.38. The monoisotopic (exact) mass is 335 g/mol. The molecule has 6 heteroatoms. The van der Waals surface area contributed by atoms with Crippen LogP contribution in [-0.4, -0.2) is 26.8 Å². The molecule has 0 aliphatic heterocycles. The molecule has 1 amide bonds. The van der Waals surface area contributed by atoms with E-state index in [0.29, 0.717) is 17.8 Å². The number of carbonyl (C=O) groups is 2. The van der Waals surface area contributed by atoms with Gasteiger partial charge in [-0.3, -0.25) is 9.48 Å². The average molecular weight is 335 g/mol. The zero-order chi connectivity index (χ0) is 17.8. The van der Waals surface area contributed by atoms with E-state index >= 15 is 0 Å². The van der Waals surface area contributed by atoms with Crippen molar-refractivity contribution >= 4 is 17.6 Å². The Labute approximate surface area is 144 Å². The van der Waals surface area contributed by atoms with Crippen LogP contribution in [0.2, 0.25) is 0 Å². The van der Waals surface area contributed by atoms with Gasteiger partial charge in [-0.1, -0.05) is 42.5 Å². The first kappa shape index (κ1) is 16.4. The number of aryl methyl sites for hydroxylation is 1. The van der Waals surface area contributed by atoms with Gasteiger partial charge in [-0.25, -0.2) is 4.79 Å². The van der Waals surface area contributed by atoms with E-state index in [1.54, 1.807) is 36.0 Å². The summed E-state index contributed by atoms with van der Waals surface area (Å²) in [6, 6.07) is 16.1. The molecule has 1 heterocycles. The minimum Gasteiger partial charge on any atom is -0.478 e. The highest BCUT2D eigenvalue weighted by Crippen LogP contribution is 2.17. The molecule has 0 spiro atoms. The number of rotatable bonds is 5. The highest BCUT2D eigenvalue weighted by atomic mass is 16.4. The highest BCUT2D eigenvalue weighted by molar-refractivity contribution is 6.08. The number of carboxylic acid groups (broad SMARTS) is 1. The Morgan fingerprint density at radius 1 is 1.04 bits per heavy atom. The lowest BCUT2D eigenvalue weighted by Gasteiger charge is -2.07. The molecule has 6 nitrogen and oxygen atoms in total. The van der Waals surface area contributed by atoms with Crippen LogP contribution in [0.25, 0.3) is 0 Å². The van der Waals surface area contributed by atoms with E-state index in [9.17, 15) is 14.7 Å². The van der Waals surface area contributed by atoms with Gasteiger partial charge in [0, 0.05) is 6.20 Å². The zero-order valence-electron chi connectivity index (χ0n) is 13.6. The van der Waals surface area contributed by atoms with Gasteiger partial charge < -0.3 is 10.4 Å². The Hall–Kier alpha value is -3.41. The molecule has 0 fully saturated rings. The van der Waals surface area contributed by atoms with Gasteiger partial charge in [0.1, 0.15) is 0 Å². The van der Waals surface area contributed by atoms with Crippen molar-refractivity contribution in [3.05, 3.63) is 83.2 Å². The molecule has 1 aromatic heterocycles. The molecule has 0 aliphatic rings. The number of hydrogen-bond donors (Lipinski definition) is 2.